The van der Waals surface area contributed by atoms with Gasteiger partial charge in [-0.25, -0.2) is 4.79 Å². The Labute approximate surface area is 88.5 Å². The van der Waals surface area contributed by atoms with Gasteiger partial charge in [0.15, 0.2) is 0 Å². The third-order valence-corrected chi connectivity index (χ3v) is 2.49. The number of hydrogen-bond acceptors (Lipinski definition) is 3. The van der Waals surface area contributed by atoms with Crippen LogP contribution in [0.15, 0.2) is 24.5 Å². The summed E-state index contributed by atoms with van der Waals surface area (Å²) >= 11 is 0. The van der Waals surface area contributed by atoms with Crippen molar-refractivity contribution in [3.63, 3.8) is 0 Å². The molecule has 2 heterocycles. The Bertz CT molecular complexity index is 314. The lowest BCUT2D eigenvalue weighted by atomic mass is 10.2. The van der Waals surface area contributed by atoms with E-state index in [4.69, 9.17) is 9.57 Å². The van der Waals surface area contributed by atoms with Gasteiger partial charge < -0.3 is 9.64 Å². The van der Waals surface area contributed by atoms with Crippen LogP contribution >= 0.6 is 0 Å². The Kier molecular flexibility index (Phi) is 2.64. The fraction of sp³-hybridized carbons (Fsp3) is 0.500. The van der Waals surface area contributed by atoms with Crippen LogP contribution in [0.4, 0.5) is 4.79 Å². The average Bonchev–Trinajstić information content (AvgIpc) is 2.48. The van der Waals surface area contributed by atoms with E-state index >= 15 is 0 Å². The highest BCUT2D eigenvalue weighted by molar-refractivity contribution is 5.77. The van der Waals surface area contributed by atoms with E-state index in [0.717, 1.165) is 5.76 Å². The lowest BCUT2D eigenvalue weighted by Gasteiger charge is -2.20. The van der Waals surface area contributed by atoms with Crippen molar-refractivity contribution in [3.05, 3.63) is 24.5 Å². The second kappa shape index (κ2) is 3.94. The van der Waals surface area contributed by atoms with Crippen LogP contribution in [0, 0.1) is 0 Å². The summed E-state index contributed by atoms with van der Waals surface area (Å²) in [6.45, 7) is 5.08. The van der Waals surface area contributed by atoms with E-state index in [-0.39, 0.29) is 12.1 Å². The number of ether oxygens (including phenoxy) is 1. The normalized spacial score (nSPS) is 24.2. The molecule has 0 aromatic carbocycles. The Morgan fingerprint density at radius 1 is 1.73 bits per heavy atom. The Hall–Kier alpha value is -1.49. The van der Waals surface area contributed by atoms with Gasteiger partial charge in [0.25, 0.3) is 0 Å². The molecule has 2 amide bonds. The molecule has 82 valence electrons. The second-order valence-electron chi connectivity index (χ2n) is 3.48. The molecule has 5 heteroatoms. The second-order valence-corrected chi connectivity index (χ2v) is 3.48. The zero-order chi connectivity index (χ0) is 10.8. The highest BCUT2D eigenvalue weighted by atomic mass is 16.7. The maximum absolute atomic E-state index is 11.8. The van der Waals surface area contributed by atoms with E-state index < -0.39 is 0 Å². The monoisotopic (exact) mass is 210 g/mol. The maximum Gasteiger partial charge on any atom is 0.345 e. The van der Waals surface area contributed by atoms with Crippen molar-refractivity contribution in [2.75, 3.05) is 26.8 Å². The summed E-state index contributed by atoms with van der Waals surface area (Å²) in [7, 11) is 1.61. The minimum atomic E-state index is -0.106. The Morgan fingerprint density at radius 2 is 2.53 bits per heavy atom. The van der Waals surface area contributed by atoms with Gasteiger partial charge in [-0.15, -0.1) is 6.58 Å². The number of methoxy groups -OCH3 is 1. The summed E-state index contributed by atoms with van der Waals surface area (Å²) in [5.74, 6) is 0.810. The third kappa shape index (κ3) is 1.70. The van der Waals surface area contributed by atoms with Crippen molar-refractivity contribution in [1.29, 1.82) is 0 Å². The van der Waals surface area contributed by atoms with E-state index in [0.29, 0.717) is 19.7 Å². The molecule has 1 atom stereocenters. The maximum atomic E-state index is 11.8. The molecule has 2 bridgehead atoms. The standard InChI is InChI=1S/C10H14N2O3/c1-3-4-15-12-8-5-9(14-2)7-11(6-8)10(12)13/h3,5,8H,1,4,6-7H2,2H3. The van der Waals surface area contributed by atoms with E-state index in [1.807, 2.05) is 6.08 Å². The number of nitrogens with zero attached hydrogens (tertiary/aromatic N) is 2. The molecule has 2 rings (SSSR count). The molecule has 1 fully saturated rings. The fourth-order valence-electron chi connectivity index (χ4n) is 1.78. The molecule has 1 saturated heterocycles. The van der Waals surface area contributed by atoms with Crippen LogP contribution in [-0.2, 0) is 9.57 Å². The first-order valence-corrected chi connectivity index (χ1v) is 4.83. The lowest BCUT2D eigenvalue weighted by molar-refractivity contribution is -0.107. The number of carbonyl (C=O) groups is 1. The van der Waals surface area contributed by atoms with Gasteiger partial charge in [0, 0.05) is 6.54 Å². The van der Waals surface area contributed by atoms with Crippen molar-refractivity contribution in [2.45, 2.75) is 6.04 Å². The zero-order valence-electron chi connectivity index (χ0n) is 8.68. The molecule has 0 aliphatic carbocycles. The third-order valence-electron chi connectivity index (χ3n) is 2.49. The summed E-state index contributed by atoms with van der Waals surface area (Å²) < 4.78 is 5.14. The SMILES string of the molecule is C=CCON1C(=O)N2CC(OC)=CC1C2. The molecule has 5 nitrogen and oxygen atoms in total. The van der Waals surface area contributed by atoms with Gasteiger partial charge in [-0.05, 0) is 6.08 Å². The van der Waals surface area contributed by atoms with Gasteiger partial charge >= 0.3 is 6.03 Å². The van der Waals surface area contributed by atoms with E-state index in [2.05, 4.69) is 6.58 Å². The van der Waals surface area contributed by atoms with Crippen LogP contribution in [0.2, 0.25) is 0 Å². The molecule has 0 radical (unpaired) electrons. The Morgan fingerprint density at radius 3 is 3.20 bits per heavy atom. The van der Waals surface area contributed by atoms with E-state index in [1.165, 1.54) is 5.06 Å². The van der Waals surface area contributed by atoms with Crippen LogP contribution in [0.3, 0.4) is 0 Å². The number of hydroxylamine groups is 2. The molecular weight excluding hydrogens is 196 g/mol. The highest BCUT2D eigenvalue weighted by Gasteiger charge is 2.41. The van der Waals surface area contributed by atoms with E-state index in [1.54, 1.807) is 18.1 Å². The average molecular weight is 210 g/mol. The summed E-state index contributed by atoms with van der Waals surface area (Å²) in [5, 5.41) is 1.38. The number of fused-ring (bicyclic) bond motifs is 2. The van der Waals surface area contributed by atoms with Gasteiger partial charge in [0.05, 0.1) is 20.3 Å². The number of rotatable bonds is 4. The van der Waals surface area contributed by atoms with Crippen LogP contribution in [0.5, 0.6) is 0 Å². The van der Waals surface area contributed by atoms with Crippen molar-refractivity contribution in [2.24, 2.45) is 0 Å². The van der Waals surface area contributed by atoms with Crippen molar-refractivity contribution in [3.8, 4) is 0 Å². The molecule has 0 spiro atoms. The smallest absolute Gasteiger partial charge is 0.345 e. The van der Waals surface area contributed by atoms with Gasteiger partial charge in [0.2, 0.25) is 0 Å². The van der Waals surface area contributed by atoms with Crippen molar-refractivity contribution in [1.82, 2.24) is 9.96 Å². The largest absolute Gasteiger partial charge is 0.499 e. The summed E-state index contributed by atoms with van der Waals surface area (Å²) in [4.78, 5) is 18.8. The minimum absolute atomic E-state index is 0.0406. The molecule has 15 heavy (non-hydrogen) atoms. The summed E-state index contributed by atoms with van der Waals surface area (Å²) in [5.41, 5.74) is 0. The molecule has 1 unspecified atom stereocenters. The lowest BCUT2D eigenvalue weighted by Crippen LogP contribution is -2.33. The molecule has 0 N–H and O–H groups in total. The van der Waals surface area contributed by atoms with Gasteiger partial charge in [-0.1, -0.05) is 6.08 Å². The predicted octanol–water partition coefficient (Wildman–Crippen LogP) is 0.754. The first-order valence-electron chi connectivity index (χ1n) is 4.83. The molecule has 2 aliphatic rings. The Balaban J connectivity index is 2.10. The first-order chi connectivity index (χ1) is 7.26. The number of carbonyl (C=O) groups excluding carboxylic acids is 1. The predicted molar refractivity (Wildman–Crippen MR) is 53.8 cm³/mol. The van der Waals surface area contributed by atoms with Crippen molar-refractivity contribution < 1.29 is 14.4 Å². The summed E-state index contributed by atoms with van der Waals surface area (Å²) in [6, 6.07) is -0.147. The van der Waals surface area contributed by atoms with Crippen molar-refractivity contribution >= 4 is 6.03 Å². The number of amides is 2. The molecule has 0 saturated carbocycles. The summed E-state index contributed by atoms with van der Waals surface area (Å²) in [6.07, 6.45) is 3.54. The van der Waals surface area contributed by atoms with Gasteiger partial charge in [-0.2, -0.15) is 5.06 Å². The quantitative estimate of drug-likeness (QED) is 0.643. The molecule has 0 aromatic rings. The highest BCUT2D eigenvalue weighted by Crippen LogP contribution is 2.24. The van der Waals surface area contributed by atoms with Crippen LogP contribution in [0.1, 0.15) is 0 Å². The zero-order valence-corrected chi connectivity index (χ0v) is 8.68. The number of urea groups is 1. The van der Waals surface area contributed by atoms with E-state index in [9.17, 15) is 4.79 Å². The minimum Gasteiger partial charge on any atom is -0.499 e. The molecule has 2 aliphatic heterocycles. The van der Waals surface area contributed by atoms with Gasteiger partial charge in [0.1, 0.15) is 11.8 Å². The van der Waals surface area contributed by atoms with Crippen LogP contribution in [0.25, 0.3) is 0 Å². The van der Waals surface area contributed by atoms with Gasteiger partial charge in [-0.3, -0.25) is 4.84 Å². The molecule has 0 aromatic heterocycles. The fourth-order valence-corrected chi connectivity index (χ4v) is 1.78. The molecular formula is C10H14N2O3. The topological polar surface area (TPSA) is 42.0 Å². The first kappa shape index (κ1) is 10.0. The van der Waals surface area contributed by atoms with Crippen LogP contribution in [-0.4, -0.2) is 48.8 Å². The number of hydrogen-bond donors (Lipinski definition) is 0. The van der Waals surface area contributed by atoms with Crippen LogP contribution < -0.4 is 0 Å².